The van der Waals surface area contributed by atoms with Crippen LogP contribution in [0.15, 0.2) is 29.3 Å². The Kier molecular flexibility index (Phi) is 7.55. The van der Waals surface area contributed by atoms with Crippen LogP contribution in [-0.4, -0.2) is 56.5 Å². The number of aliphatic imine (C=N–C) groups is 1. The summed E-state index contributed by atoms with van der Waals surface area (Å²) in [5.41, 5.74) is 2.46. The summed E-state index contributed by atoms with van der Waals surface area (Å²) in [7, 11) is -1.30. The van der Waals surface area contributed by atoms with E-state index in [1.54, 1.807) is 20.9 Å². The van der Waals surface area contributed by atoms with Crippen molar-refractivity contribution in [2.24, 2.45) is 4.99 Å². The molecule has 0 radical (unpaired) electrons. The van der Waals surface area contributed by atoms with Gasteiger partial charge in [0.1, 0.15) is 0 Å². The predicted molar refractivity (Wildman–Crippen MR) is 120 cm³/mol. The van der Waals surface area contributed by atoms with Crippen LogP contribution in [0.4, 0.5) is 0 Å². The van der Waals surface area contributed by atoms with Gasteiger partial charge in [-0.15, -0.1) is 24.0 Å². The van der Waals surface area contributed by atoms with Gasteiger partial charge in [0.2, 0.25) is 0 Å². The van der Waals surface area contributed by atoms with Crippen molar-refractivity contribution in [3.8, 4) is 0 Å². The molecule has 0 atom stereocenters. The van der Waals surface area contributed by atoms with Crippen LogP contribution in [0.5, 0.6) is 0 Å². The van der Waals surface area contributed by atoms with Crippen molar-refractivity contribution in [3.05, 3.63) is 35.4 Å². The van der Waals surface area contributed by atoms with Gasteiger partial charge in [-0.2, -0.15) is 0 Å². The Morgan fingerprint density at radius 3 is 2.35 bits per heavy atom. The molecule has 1 aromatic carbocycles. The van der Waals surface area contributed by atoms with Crippen LogP contribution in [-0.2, 0) is 15.3 Å². The lowest BCUT2D eigenvalue weighted by Gasteiger charge is -2.40. The minimum atomic E-state index is -3.05. The first-order valence-electron chi connectivity index (χ1n) is 8.74. The molecule has 148 valence electrons. The third-order valence-electron chi connectivity index (χ3n) is 5.08. The van der Waals surface area contributed by atoms with Crippen molar-refractivity contribution in [2.45, 2.75) is 44.8 Å². The molecule has 1 aliphatic rings. The summed E-state index contributed by atoms with van der Waals surface area (Å²) in [6.45, 7) is 11.7. The molecule has 0 aliphatic carbocycles. The Balaban J connectivity index is 0.00000338. The number of guanidine groups is 1. The van der Waals surface area contributed by atoms with Crippen LogP contribution in [0.1, 0.15) is 38.8 Å². The van der Waals surface area contributed by atoms with Crippen molar-refractivity contribution in [1.29, 1.82) is 0 Å². The third kappa shape index (κ3) is 5.12. The number of hydrogen-bond donors (Lipinski definition) is 1. The zero-order valence-electron chi connectivity index (χ0n) is 16.7. The highest BCUT2D eigenvalue weighted by molar-refractivity contribution is 14.0. The van der Waals surface area contributed by atoms with E-state index in [2.05, 4.69) is 55.3 Å². The van der Waals surface area contributed by atoms with Crippen LogP contribution in [0.25, 0.3) is 0 Å². The summed E-state index contributed by atoms with van der Waals surface area (Å²) in [6.07, 6.45) is 0. The van der Waals surface area contributed by atoms with Crippen molar-refractivity contribution < 1.29 is 8.42 Å². The molecule has 0 amide bonds. The summed E-state index contributed by atoms with van der Waals surface area (Å²) in [5, 5.41) is 3.44. The molecule has 2 rings (SSSR count). The number of hydrogen-bond acceptors (Lipinski definition) is 3. The Bertz CT molecular complexity index is 741. The van der Waals surface area contributed by atoms with Gasteiger partial charge in [0.05, 0.1) is 10.5 Å². The lowest BCUT2D eigenvalue weighted by molar-refractivity contribution is 0.349. The molecule has 1 heterocycles. The SMILES string of the molecule is CN=C(NCC(C)(C)c1ccc(C)cc1)N1CCS(=O)(=O)C(C)(C)C1.I. The van der Waals surface area contributed by atoms with Crippen molar-refractivity contribution in [3.63, 3.8) is 0 Å². The molecule has 1 aromatic rings. The fourth-order valence-electron chi connectivity index (χ4n) is 3.06. The van der Waals surface area contributed by atoms with E-state index in [-0.39, 0.29) is 35.1 Å². The summed E-state index contributed by atoms with van der Waals surface area (Å²) in [5.74, 6) is 0.936. The number of aryl methyl sites for hydroxylation is 1. The molecule has 5 nitrogen and oxygen atoms in total. The van der Waals surface area contributed by atoms with E-state index in [1.807, 2.05) is 4.90 Å². The quantitative estimate of drug-likeness (QED) is 0.400. The number of nitrogens with one attached hydrogen (secondary N) is 1. The average Bonchev–Trinajstić information content (AvgIpc) is 2.51. The molecule has 1 aliphatic heterocycles. The molecule has 26 heavy (non-hydrogen) atoms. The molecule has 1 N–H and O–H groups in total. The summed E-state index contributed by atoms with van der Waals surface area (Å²) in [6, 6.07) is 8.58. The lowest BCUT2D eigenvalue weighted by atomic mass is 9.84. The van der Waals surface area contributed by atoms with Crippen LogP contribution in [0, 0.1) is 6.92 Å². The minimum Gasteiger partial charge on any atom is -0.355 e. The predicted octanol–water partition coefficient (Wildman–Crippen LogP) is 2.98. The molecule has 0 spiro atoms. The van der Waals surface area contributed by atoms with Gasteiger partial charge in [0, 0.05) is 32.1 Å². The molecular formula is C19H32IN3O2S. The number of rotatable bonds is 3. The Hall–Kier alpha value is -0.830. The first kappa shape index (κ1) is 23.2. The molecule has 0 bridgehead atoms. The van der Waals surface area contributed by atoms with E-state index in [0.29, 0.717) is 13.1 Å². The molecular weight excluding hydrogens is 461 g/mol. The first-order chi connectivity index (χ1) is 11.5. The molecule has 0 aromatic heterocycles. The fraction of sp³-hybridized carbons (Fsp3) is 0.632. The van der Waals surface area contributed by atoms with E-state index in [0.717, 1.165) is 12.5 Å². The van der Waals surface area contributed by atoms with Crippen molar-refractivity contribution >= 4 is 39.8 Å². The zero-order chi connectivity index (χ0) is 18.9. The number of benzene rings is 1. The average molecular weight is 493 g/mol. The van der Waals surface area contributed by atoms with Gasteiger partial charge in [-0.05, 0) is 26.3 Å². The van der Waals surface area contributed by atoms with Crippen LogP contribution in [0.2, 0.25) is 0 Å². The van der Waals surface area contributed by atoms with Crippen LogP contribution < -0.4 is 5.32 Å². The molecule has 1 fully saturated rings. The Morgan fingerprint density at radius 1 is 1.27 bits per heavy atom. The van der Waals surface area contributed by atoms with Crippen LogP contribution in [0.3, 0.4) is 0 Å². The van der Waals surface area contributed by atoms with Gasteiger partial charge in [0.25, 0.3) is 0 Å². The highest BCUT2D eigenvalue weighted by Crippen LogP contribution is 2.25. The molecule has 0 unspecified atom stereocenters. The highest BCUT2D eigenvalue weighted by Gasteiger charge is 2.41. The smallest absolute Gasteiger partial charge is 0.193 e. The maximum absolute atomic E-state index is 12.2. The molecule has 7 heteroatoms. The monoisotopic (exact) mass is 493 g/mol. The number of halogens is 1. The van der Waals surface area contributed by atoms with Gasteiger partial charge in [-0.25, -0.2) is 8.42 Å². The van der Waals surface area contributed by atoms with Gasteiger partial charge >= 0.3 is 0 Å². The molecule has 0 saturated carbocycles. The minimum absolute atomic E-state index is 0. The Labute approximate surface area is 175 Å². The summed E-state index contributed by atoms with van der Waals surface area (Å²) < 4.78 is 23.7. The third-order valence-corrected chi connectivity index (χ3v) is 7.61. The highest BCUT2D eigenvalue weighted by atomic mass is 127. The van der Waals surface area contributed by atoms with Gasteiger partial charge in [-0.3, -0.25) is 4.99 Å². The van der Waals surface area contributed by atoms with Crippen molar-refractivity contribution in [2.75, 3.05) is 32.4 Å². The largest absolute Gasteiger partial charge is 0.355 e. The van der Waals surface area contributed by atoms with E-state index >= 15 is 0 Å². The maximum Gasteiger partial charge on any atom is 0.193 e. The topological polar surface area (TPSA) is 61.8 Å². The van der Waals surface area contributed by atoms with E-state index in [4.69, 9.17) is 0 Å². The normalized spacial score (nSPS) is 19.6. The Morgan fingerprint density at radius 2 is 1.85 bits per heavy atom. The van der Waals surface area contributed by atoms with Crippen molar-refractivity contribution in [1.82, 2.24) is 10.2 Å². The fourth-order valence-corrected chi connectivity index (χ4v) is 4.43. The maximum atomic E-state index is 12.2. The second-order valence-corrected chi connectivity index (χ2v) is 10.9. The van der Waals surface area contributed by atoms with Gasteiger partial charge in [-0.1, -0.05) is 43.7 Å². The van der Waals surface area contributed by atoms with E-state index in [1.165, 1.54) is 11.1 Å². The molecule has 1 saturated heterocycles. The van der Waals surface area contributed by atoms with Gasteiger partial charge in [0.15, 0.2) is 15.8 Å². The first-order valence-corrected chi connectivity index (χ1v) is 10.4. The summed E-state index contributed by atoms with van der Waals surface area (Å²) in [4.78, 5) is 6.42. The number of sulfone groups is 1. The second-order valence-electron chi connectivity index (χ2n) is 8.15. The van der Waals surface area contributed by atoms with E-state index in [9.17, 15) is 8.42 Å². The number of nitrogens with zero attached hydrogens (tertiary/aromatic N) is 2. The standard InChI is InChI=1S/C19H31N3O2S.HI/c1-15-7-9-16(10-8-15)18(2,3)13-21-17(20-6)22-11-12-25(23,24)19(4,5)14-22;/h7-10H,11-14H2,1-6H3,(H,20,21);1H. The summed E-state index contributed by atoms with van der Waals surface area (Å²) >= 11 is 0. The van der Waals surface area contributed by atoms with Crippen LogP contribution >= 0.6 is 24.0 Å². The van der Waals surface area contributed by atoms with E-state index < -0.39 is 14.6 Å². The second kappa shape index (κ2) is 8.46. The van der Waals surface area contributed by atoms with Gasteiger partial charge < -0.3 is 10.2 Å². The zero-order valence-corrected chi connectivity index (χ0v) is 19.8. The lowest BCUT2D eigenvalue weighted by Crippen LogP contribution is -2.58.